The lowest BCUT2D eigenvalue weighted by Gasteiger charge is -2.18. The topological polar surface area (TPSA) is 73.5 Å². The van der Waals surface area contributed by atoms with Crippen LogP contribution in [0.2, 0.25) is 5.02 Å². The second kappa shape index (κ2) is 9.33. The van der Waals surface area contributed by atoms with Gasteiger partial charge >= 0.3 is 0 Å². The van der Waals surface area contributed by atoms with Gasteiger partial charge in [0.2, 0.25) is 5.91 Å². The fourth-order valence-electron chi connectivity index (χ4n) is 4.46. The Bertz CT molecular complexity index is 1280. The zero-order valence-corrected chi connectivity index (χ0v) is 19.6. The van der Waals surface area contributed by atoms with Crippen molar-refractivity contribution < 1.29 is 9.59 Å². The maximum Gasteiger partial charge on any atom is 0.258 e. The first-order valence-corrected chi connectivity index (χ1v) is 11.7. The summed E-state index contributed by atoms with van der Waals surface area (Å²) in [4.78, 5) is 27.1. The number of halogens is 1. The number of fused-ring (bicyclic) bond motifs is 1. The van der Waals surface area contributed by atoms with Gasteiger partial charge in [0.25, 0.3) is 5.91 Å². The van der Waals surface area contributed by atoms with Crippen molar-refractivity contribution in [1.82, 2.24) is 5.32 Å². The molecule has 0 radical (unpaired) electrons. The second-order valence-electron chi connectivity index (χ2n) is 8.44. The quantitative estimate of drug-likeness (QED) is 0.435. The molecule has 0 aliphatic carbocycles. The number of amides is 2. The standard InChI is InChI=1S/C27H25ClN4O2/c1-29-16-17-4-9-20(10-5-17)30-26(25-22-13-8-19(28)15-23(22)31-27(25)34)18-6-11-21(12-7-18)32-14-2-3-24(32)33/h4-13,15,29-30H,2-3,14,16H2,1H3,(H,31,34). The van der Waals surface area contributed by atoms with Gasteiger partial charge < -0.3 is 20.9 Å². The third-order valence-electron chi connectivity index (χ3n) is 6.12. The first-order valence-electron chi connectivity index (χ1n) is 11.3. The maximum atomic E-state index is 13.1. The molecule has 0 unspecified atom stereocenters. The summed E-state index contributed by atoms with van der Waals surface area (Å²) in [6, 6.07) is 21.3. The first-order chi connectivity index (χ1) is 16.5. The van der Waals surface area contributed by atoms with Crippen LogP contribution in [0.25, 0.3) is 11.3 Å². The van der Waals surface area contributed by atoms with E-state index in [1.807, 2.05) is 66.5 Å². The third-order valence-corrected chi connectivity index (χ3v) is 6.36. The molecule has 2 aliphatic rings. The van der Waals surface area contributed by atoms with Crippen molar-refractivity contribution in [1.29, 1.82) is 0 Å². The molecule has 0 bridgehead atoms. The Balaban J connectivity index is 1.57. The smallest absolute Gasteiger partial charge is 0.258 e. The van der Waals surface area contributed by atoms with Crippen molar-refractivity contribution in [2.75, 3.05) is 29.1 Å². The van der Waals surface area contributed by atoms with Crippen LogP contribution in [0.1, 0.15) is 29.5 Å². The minimum absolute atomic E-state index is 0.145. The van der Waals surface area contributed by atoms with Crippen LogP contribution >= 0.6 is 11.6 Å². The van der Waals surface area contributed by atoms with E-state index >= 15 is 0 Å². The normalized spacial score (nSPS) is 16.5. The van der Waals surface area contributed by atoms with Crippen molar-refractivity contribution >= 4 is 51.7 Å². The fourth-order valence-corrected chi connectivity index (χ4v) is 4.63. The van der Waals surface area contributed by atoms with Gasteiger partial charge in [-0.1, -0.05) is 41.9 Å². The average Bonchev–Trinajstić information content (AvgIpc) is 3.40. The Morgan fingerprint density at radius 3 is 2.47 bits per heavy atom. The maximum absolute atomic E-state index is 13.1. The van der Waals surface area contributed by atoms with Gasteiger partial charge in [-0.05, 0) is 61.0 Å². The van der Waals surface area contributed by atoms with Crippen LogP contribution in [-0.4, -0.2) is 25.4 Å². The molecule has 0 spiro atoms. The van der Waals surface area contributed by atoms with Crippen LogP contribution in [0.15, 0.2) is 66.7 Å². The summed E-state index contributed by atoms with van der Waals surface area (Å²) >= 11 is 6.16. The summed E-state index contributed by atoms with van der Waals surface area (Å²) in [5.74, 6) is -0.0440. The third kappa shape index (κ3) is 4.30. The molecule has 1 fully saturated rings. The van der Waals surface area contributed by atoms with E-state index in [1.54, 1.807) is 12.1 Å². The van der Waals surface area contributed by atoms with Crippen LogP contribution in [0.4, 0.5) is 17.1 Å². The molecular formula is C27H25ClN4O2. The highest BCUT2D eigenvalue weighted by Gasteiger charge is 2.29. The van der Waals surface area contributed by atoms with Crippen molar-refractivity contribution in [2.24, 2.45) is 0 Å². The summed E-state index contributed by atoms with van der Waals surface area (Å²) in [5, 5.41) is 10.1. The van der Waals surface area contributed by atoms with Crippen LogP contribution in [0, 0.1) is 0 Å². The predicted octanol–water partition coefficient (Wildman–Crippen LogP) is 5.12. The fraction of sp³-hybridized carbons (Fsp3) is 0.185. The molecule has 5 rings (SSSR count). The highest BCUT2D eigenvalue weighted by molar-refractivity contribution is 6.38. The number of anilines is 3. The van der Waals surface area contributed by atoms with Crippen molar-refractivity contribution in [3.63, 3.8) is 0 Å². The van der Waals surface area contributed by atoms with Crippen molar-refractivity contribution in [3.05, 3.63) is 88.4 Å². The monoisotopic (exact) mass is 472 g/mol. The molecule has 3 N–H and O–H groups in total. The van der Waals surface area contributed by atoms with E-state index in [0.29, 0.717) is 28.4 Å². The van der Waals surface area contributed by atoms with Crippen molar-refractivity contribution in [2.45, 2.75) is 19.4 Å². The molecule has 0 atom stereocenters. The number of rotatable bonds is 6. The molecule has 34 heavy (non-hydrogen) atoms. The molecule has 2 amide bonds. The number of carbonyl (C=O) groups is 2. The van der Waals surface area contributed by atoms with Gasteiger partial charge in [0.1, 0.15) is 0 Å². The van der Waals surface area contributed by atoms with E-state index in [9.17, 15) is 9.59 Å². The lowest BCUT2D eigenvalue weighted by molar-refractivity contribution is -0.117. The first kappa shape index (κ1) is 22.2. The minimum Gasteiger partial charge on any atom is -0.354 e. The van der Waals surface area contributed by atoms with E-state index in [2.05, 4.69) is 16.0 Å². The molecule has 3 aromatic rings. The van der Waals surface area contributed by atoms with Gasteiger partial charge in [-0.15, -0.1) is 0 Å². The van der Waals surface area contributed by atoms with E-state index < -0.39 is 0 Å². The predicted molar refractivity (Wildman–Crippen MR) is 138 cm³/mol. The van der Waals surface area contributed by atoms with Gasteiger partial charge in [0.15, 0.2) is 0 Å². The summed E-state index contributed by atoms with van der Waals surface area (Å²) in [5.41, 5.74) is 6.49. The van der Waals surface area contributed by atoms with Gasteiger partial charge in [0.05, 0.1) is 17.0 Å². The molecule has 1 saturated heterocycles. The van der Waals surface area contributed by atoms with Crippen LogP contribution < -0.4 is 20.9 Å². The van der Waals surface area contributed by atoms with Gasteiger partial charge in [-0.2, -0.15) is 0 Å². The number of benzene rings is 3. The SMILES string of the molecule is CNCc1ccc(NC(=C2C(=O)Nc3cc(Cl)ccc32)c2ccc(N3CCCC3=O)cc2)cc1. The Kier molecular flexibility index (Phi) is 6.09. The van der Waals surface area contributed by atoms with Crippen molar-refractivity contribution in [3.8, 4) is 0 Å². The number of nitrogens with one attached hydrogen (secondary N) is 3. The summed E-state index contributed by atoms with van der Waals surface area (Å²) in [6.45, 7) is 1.52. The van der Waals surface area contributed by atoms with Crippen LogP contribution in [0.5, 0.6) is 0 Å². The summed E-state index contributed by atoms with van der Waals surface area (Å²) in [6.07, 6.45) is 1.46. The molecule has 0 aromatic heterocycles. The van der Waals surface area contributed by atoms with E-state index in [-0.39, 0.29) is 11.8 Å². The molecule has 2 aliphatic heterocycles. The highest BCUT2D eigenvalue weighted by Crippen LogP contribution is 2.39. The number of hydrogen-bond acceptors (Lipinski definition) is 4. The van der Waals surface area contributed by atoms with Gasteiger partial charge in [0, 0.05) is 41.5 Å². The lowest BCUT2D eigenvalue weighted by Crippen LogP contribution is -2.23. The largest absolute Gasteiger partial charge is 0.354 e. The Morgan fingerprint density at radius 2 is 1.79 bits per heavy atom. The van der Waals surface area contributed by atoms with Gasteiger partial charge in [-0.3, -0.25) is 9.59 Å². The summed E-state index contributed by atoms with van der Waals surface area (Å²) < 4.78 is 0. The highest BCUT2D eigenvalue weighted by atomic mass is 35.5. The molecule has 0 saturated carbocycles. The number of hydrogen-bond donors (Lipinski definition) is 3. The number of nitrogens with zero attached hydrogens (tertiary/aromatic N) is 1. The average molecular weight is 473 g/mol. The second-order valence-corrected chi connectivity index (χ2v) is 8.88. The lowest BCUT2D eigenvalue weighted by atomic mass is 9.99. The van der Waals surface area contributed by atoms with Crippen LogP contribution in [0.3, 0.4) is 0 Å². The van der Waals surface area contributed by atoms with E-state index in [1.165, 1.54) is 5.56 Å². The zero-order chi connectivity index (χ0) is 23.7. The van der Waals surface area contributed by atoms with Gasteiger partial charge in [-0.25, -0.2) is 0 Å². The Hall–Kier alpha value is -3.61. The molecule has 172 valence electrons. The van der Waals surface area contributed by atoms with E-state index in [4.69, 9.17) is 11.6 Å². The Labute approximate surface area is 203 Å². The molecule has 3 aromatic carbocycles. The molecule has 6 nitrogen and oxygen atoms in total. The van der Waals surface area contributed by atoms with E-state index in [0.717, 1.165) is 42.0 Å². The number of carbonyl (C=O) groups excluding carboxylic acids is 2. The molecular weight excluding hydrogens is 448 g/mol. The molecule has 7 heteroatoms. The van der Waals surface area contributed by atoms with Crippen LogP contribution in [-0.2, 0) is 16.1 Å². The zero-order valence-electron chi connectivity index (χ0n) is 18.8. The molecule has 2 heterocycles. The summed E-state index contributed by atoms with van der Waals surface area (Å²) in [7, 11) is 1.91. The Morgan fingerprint density at radius 1 is 1.03 bits per heavy atom. The minimum atomic E-state index is -0.189.